The van der Waals surface area contributed by atoms with Crippen molar-refractivity contribution in [3.8, 4) is 5.88 Å². The summed E-state index contributed by atoms with van der Waals surface area (Å²) in [5, 5.41) is 10.8. The van der Waals surface area contributed by atoms with Crippen molar-refractivity contribution < 1.29 is 9.53 Å². The van der Waals surface area contributed by atoms with Gasteiger partial charge in [-0.05, 0) is 68.7 Å². The number of halogens is 1. The lowest BCUT2D eigenvalue weighted by molar-refractivity contribution is 0.0944. The largest absolute Gasteiger partial charge is 0.474 e. The summed E-state index contributed by atoms with van der Waals surface area (Å²) in [7, 11) is 0. The highest BCUT2D eigenvalue weighted by atomic mass is 35.5. The second kappa shape index (κ2) is 10.8. The Morgan fingerprint density at radius 3 is 2.87 bits per heavy atom. The van der Waals surface area contributed by atoms with Crippen molar-refractivity contribution in [3.63, 3.8) is 0 Å². The number of amides is 1. The Morgan fingerprint density at radius 2 is 2.10 bits per heavy atom. The van der Waals surface area contributed by atoms with Gasteiger partial charge in [-0.1, -0.05) is 6.92 Å². The lowest BCUT2D eigenvalue weighted by atomic mass is 9.89. The number of piperidine rings is 1. The molecule has 2 fully saturated rings. The number of aromatic nitrogens is 3. The number of ether oxygens (including phenoxy) is 1. The minimum absolute atomic E-state index is 0. The number of pyridine rings is 1. The van der Waals surface area contributed by atoms with E-state index in [0.717, 1.165) is 50.3 Å². The van der Waals surface area contributed by atoms with Crippen molar-refractivity contribution in [2.75, 3.05) is 13.1 Å². The van der Waals surface area contributed by atoms with E-state index in [0.29, 0.717) is 24.2 Å². The van der Waals surface area contributed by atoms with E-state index in [-0.39, 0.29) is 24.4 Å². The van der Waals surface area contributed by atoms with Crippen LogP contribution in [0.5, 0.6) is 5.88 Å². The lowest BCUT2D eigenvalue weighted by Gasteiger charge is -2.26. The maximum atomic E-state index is 12.5. The molecule has 0 spiro atoms. The van der Waals surface area contributed by atoms with Crippen LogP contribution in [-0.4, -0.2) is 39.9 Å². The molecule has 7 nitrogen and oxygen atoms in total. The first-order valence-corrected chi connectivity index (χ1v) is 10.8. The minimum atomic E-state index is -0.159. The summed E-state index contributed by atoms with van der Waals surface area (Å²) in [5.74, 6) is 1.28. The Kier molecular flexibility index (Phi) is 8.10. The van der Waals surface area contributed by atoms with Crippen LogP contribution in [-0.2, 0) is 6.54 Å². The van der Waals surface area contributed by atoms with Crippen molar-refractivity contribution >= 4 is 18.3 Å². The first-order valence-electron chi connectivity index (χ1n) is 10.8. The molecule has 1 aliphatic heterocycles. The second-order valence-corrected chi connectivity index (χ2v) is 8.37. The number of nitrogens with one attached hydrogen (secondary N) is 2. The van der Waals surface area contributed by atoms with Gasteiger partial charge in [-0.2, -0.15) is 5.10 Å². The van der Waals surface area contributed by atoms with Gasteiger partial charge in [0.15, 0.2) is 0 Å². The second-order valence-electron chi connectivity index (χ2n) is 8.37. The van der Waals surface area contributed by atoms with Gasteiger partial charge < -0.3 is 15.4 Å². The molecule has 1 unspecified atom stereocenters. The molecule has 2 aromatic rings. The van der Waals surface area contributed by atoms with Gasteiger partial charge in [-0.3, -0.25) is 9.48 Å². The molecule has 1 amide bonds. The van der Waals surface area contributed by atoms with Crippen LogP contribution in [0.2, 0.25) is 0 Å². The molecule has 2 aromatic heterocycles. The normalized spacial score (nSPS) is 24.0. The maximum Gasteiger partial charge on any atom is 0.272 e. The summed E-state index contributed by atoms with van der Waals surface area (Å²) in [6.07, 6.45) is 10.7. The van der Waals surface area contributed by atoms with Gasteiger partial charge in [0.25, 0.3) is 5.91 Å². The highest BCUT2D eigenvalue weighted by Crippen LogP contribution is 2.26. The highest BCUT2D eigenvalue weighted by Gasteiger charge is 2.20. The van der Waals surface area contributed by atoms with Crippen LogP contribution >= 0.6 is 12.4 Å². The molecule has 30 heavy (non-hydrogen) atoms. The molecule has 3 heterocycles. The summed E-state index contributed by atoms with van der Waals surface area (Å²) in [4.78, 5) is 16.8. The summed E-state index contributed by atoms with van der Waals surface area (Å²) in [6.45, 7) is 4.69. The van der Waals surface area contributed by atoms with Crippen LogP contribution in [0.3, 0.4) is 0 Å². The smallest absolute Gasteiger partial charge is 0.272 e. The van der Waals surface area contributed by atoms with E-state index in [1.54, 1.807) is 12.3 Å². The monoisotopic (exact) mass is 433 g/mol. The fourth-order valence-corrected chi connectivity index (χ4v) is 4.14. The molecule has 8 heteroatoms. The molecule has 1 saturated heterocycles. The topological polar surface area (TPSA) is 81.1 Å². The third kappa shape index (κ3) is 5.95. The maximum absolute atomic E-state index is 12.5. The zero-order valence-electron chi connectivity index (χ0n) is 17.5. The molecule has 1 atom stereocenters. The molecular formula is C22H32ClN5O2. The third-order valence-electron chi connectivity index (χ3n) is 5.99. The summed E-state index contributed by atoms with van der Waals surface area (Å²) < 4.78 is 7.97. The van der Waals surface area contributed by atoms with Crippen LogP contribution in [0.4, 0.5) is 0 Å². The van der Waals surface area contributed by atoms with Crippen molar-refractivity contribution in [2.24, 2.45) is 5.92 Å². The van der Waals surface area contributed by atoms with E-state index in [2.05, 4.69) is 27.6 Å². The number of rotatable bonds is 6. The molecule has 164 valence electrons. The van der Waals surface area contributed by atoms with Gasteiger partial charge in [0.05, 0.1) is 6.04 Å². The van der Waals surface area contributed by atoms with E-state index < -0.39 is 0 Å². The minimum Gasteiger partial charge on any atom is -0.474 e. The zero-order chi connectivity index (χ0) is 20.1. The summed E-state index contributed by atoms with van der Waals surface area (Å²) in [5.41, 5.74) is 1.43. The summed E-state index contributed by atoms with van der Waals surface area (Å²) in [6, 6.07) is 5.94. The van der Waals surface area contributed by atoms with E-state index in [1.807, 2.05) is 23.0 Å². The van der Waals surface area contributed by atoms with Crippen LogP contribution in [0.15, 0.2) is 30.6 Å². The number of carbonyl (C=O) groups excluding carboxylic acids is 1. The van der Waals surface area contributed by atoms with Gasteiger partial charge >= 0.3 is 0 Å². The van der Waals surface area contributed by atoms with Gasteiger partial charge in [-0.15, -0.1) is 12.4 Å². The molecule has 2 aliphatic rings. The number of hydrogen-bond donors (Lipinski definition) is 2. The van der Waals surface area contributed by atoms with Gasteiger partial charge in [-0.25, -0.2) is 4.98 Å². The van der Waals surface area contributed by atoms with Crippen molar-refractivity contribution in [1.82, 2.24) is 25.4 Å². The Bertz CT molecular complexity index is 813. The van der Waals surface area contributed by atoms with Crippen molar-refractivity contribution in [1.29, 1.82) is 0 Å². The Labute approximate surface area is 184 Å². The van der Waals surface area contributed by atoms with E-state index in [9.17, 15) is 4.79 Å². The van der Waals surface area contributed by atoms with E-state index >= 15 is 0 Å². The number of nitrogens with zero attached hydrogens (tertiary/aromatic N) is 3. The first kappa shape index (κ1) is 22.6. The quantitative estimate of drug-likeness (QED) is 0.728. The van der Waals surface area contributed by atoms with Gasteiger partial charge in [0, 0.05) is 31.5 Å². The van der Waals surface area contributed by atoms with Gasteiger partial charge in [0.1, 0.15) is 11.8 Å². The first-order chi connectivity index (χ1) is 14.2. The Hall–Kier alpha value is -2.12. The van der Waals surface area contributed by atoms with E-state index in [1.165, 1.54) is 12.8 Å². The molecule has 0 radical (unpaired) electrons. The number of carbonyl (C=O) groups is 1. The predicted molar refractivity (Wildman–Crippen MR) is 118 cm³/mol. The molecular weight excluding hydrogens is 402 g/mol. The molecule has 0 bridgehead atoms. The number of hydrogen-bond acceptors (Lipinski definition) is 5. The third-order valence-corrected chi connectivity index (χ3v) is 5.99. The molecule has 4 rings (SSSR count). The van der Waals surface area contributed by atoms with Gasteiger partial charge in [0.2, 0.25) is 5.88 Å². The van der Waals surface area contributed by atoms with Crippen LogP contribution in [0.1, 0.15) is 67.5 Å². The average Bonchev–Trinajstić information content (AvgIpc) is 3.25. The van der Waals surface area contributed by atoms with Crippen molar-refractivity contribution in [2.45, 2.75) is 64.1 Å². The van der Waals surface area contributed by atoms with E-state index in [4.69, 9.17) is 4.74 Å². The van der Waals surface area contributed by atoms with Crippen LogP contribution < -0.4 is 15.4 Å². The Morgan fingerprint density at radius 1 is 1.27 bits per heavy atom. The zero-order valence-corrected chi connectivity index (χ0v) is 18.4. The van der Waals surface area contributed by atoms with Crippen molar-refractivity contribution in [3.05, 3.63) is 41.9 Å². The predicted octanol–water partition coefficient (Wildman–Crippen LogP) is 3.51. The van der Waals surface area contributed by atoms with Crippen LogP contribution in [0, 0.1) is 5.92 Å². The fourth-order valence-electron chi connectivity index (χ4n) is 4.14. The molecule has 1 saturated carbocycles. The molecule has 0 aromatic carbocycles. The fraction of sp³-hybridized carbons (Fsp3) is 0.591. The standard InChI is InChI=1S/C22H31N5O2.ClH/c1-16-4-6-19(7-5-16)29-21-13-17(8-11-24-21)14-25-22(28)20-9-12-27(26-20)18-3-2-10-23-15-18;/h8-9,11-13,16,18-19,23H,2-7,10,14-15H2,1H3,(H,25,28);1H. The highest BCUT2D eigenvalue weighted by molar-refractivity contribution is 5.92. The Balaban J connectivity index is 0.00000256. The molecule has 2 N–H and O–H groups in total. The summed E-state index contributed by atoms with van der Waals surface area (Å²) >= 11 is 0. The lowest BCUT2D eigenvalue weighted by Crippen LogP contribution is -2.32. The average molecular weight is 434 g/mol. The SMILES string of the molecule is CC1CCC(Oc2cc(CNC(=O)c3ccn(C4CCCNC4)n3)ccn2)CC1.Cl. The van der Waals surface area contributed by atoms with Crippen LogP contribution in [0.25, 0.3) is 0 Å². The molecule has 1 aliphatic carbocycles.